The number of hydrogen-bond donors (Lipinski definition) is 0. The lowest BCUT2D eigenvalue weighted by Crippen LogP contribution is -2.47. The minimum atomic E-state index is -2.46. The van der Waals surface area contributed by atoms with Crippen LogP contribution < -0.4 is 0 Å². The average Bonchev–Trinajstić information content (AvgIpc) is 1.95. The number of hydrogen-bond acceptors (Lipinski definition) is 1. The fourth-order valence-electron chi connectivity index (χ4n) is 1.28. The summed E-state index contributed by atoms with van der Waals surface area (Å²) >= 11 is 0. The Kier molecular flexibility index (Phi) is 2.82. The SMILES string of the molecule is CCN1CCC(F)(F)[C@H](P)C1. The second kappa shape index (κ2) is 3.32. The zero-order chi connectivity index (χ0) is 8.48. The number of piperidine rings is 1. The van der Waals surface area contributed by atoms with Gasteiger partial charge in [-0.1, -0.05) is 6.92 Å². The van der Waals surface area contributed by atoms with Gasteiger partial charge in [0.2, 0.25) is 0 Å². The van der Waals surface area contributed by atoms with Gasteiger partial charge in [-0.3, -0.25) is 0 Å². The van der Waals surface area contributed by atoms with Gasteiger partial charge >= 0.3 is 0 Å². The average molecular weight is 181 g/mol. The number of likely N-dealkylation sites (tertiary alicyclic amines) is 1. The summed E-state index contributed by atoms with van der Waals surface area (Å²) in [7, 11) is 2.24. The maximum Gasteiger partial charge on any atom is 0.256 e. The van der Waals surface area contributed by atoms with E-state index in [4.69, 9.17) is 0 Å². The molecule has 1 aliphatic heterocycles. The van der Waals surface area contributed by atoms with E-state index in [9.17, 15) is 8.78 Å². The van der Waals surface area contributed by atoms with Crippen molar-refractivity contribution in [3.05, 3.63) is 0 Å². The molecule has 4 heteroatoms. The molecular weight excluding hydrogens is 167 g/mol. The molecule has 1 unspecified atom stereocenters. The van der Waals surface area contributed by atoms with Crippen molar-refractivity contribution >= 4 is 9.24 Å². The third-order valence-corrected chi connectivity index (χ3v) is 2.90. The predicted molar refractivity (Wildman–Crippen MR) is 45.2 cm³/mol. The van der Waals surface area contributed by atoms with Crippen LogP contribution in [0.3, 0.4) is 0 Å². The van der Waals surface area contributed by atoms with Crippen molar-refractivity contribution < 1.29 is 8.78 Å². The topological polar surface area (TPSA) is 3.24 Å². The molecule has 0 N–H and O–H groups in total. The monoisotopic (exact) mass is 181 g/mol. The molecule has 1 rings (SSSR count). The number of nitrogens with zero attached hydrogens (tertiary/aromatic N) is 1. The Balaban J connectivity index is 2.48. The van der Waals surface area contributed by atoms with Crippen LogP contribution >= 0.6 is 9.24 Å². The van der Waals surface area contributed by atoms with Gasteiger partial charge in [-0.05, 0) is 6.54 Å². The summed E-state index contributed by atoms with van der Waals surface area (Å²) in [5.74, 6) is -2.46. The quantitative estimate of drug-likeness (QED) is 0.555. The first-order valence-electron chi connectivity index (χ1n) is 3.92. The van der Waals surface area contributed by atoms with Crippen LogP contribution in [-0.4, -0.2) is 36.1 Å². The molecule has 0 spiro atoms. The van der Waals surface area contributed by atoms with Crippen molar-refractivity contribution in [1.82, 2.24) is 4.90 Å². The van der Waals surface area contributed by atoms with Crippen LogP contribution in [0, 0.1) is 0 Å². The molecule has 2 atom stereocenters. The molecule has 1 fully saturated rings. The molecule has 0 aromatic carbocycles. The normalized spacial score (nSPS) is 32.2. The van der Waals surface area contributed by atoms with Crippen LogP contribution in [0.2, 0.25) is 0 Å². The highest BCUT2D eigenvalue weighted by Crippen LogP contribution is 2.32. The van der Waals surface area contributed by atoms with E-state index < -0.39 is 11.6 Å². The van der Waals surface area contributed by atoms with E-state index in [1.165, 1.54) is 0 Å². The molecule has 11 heavy (non-hydrogen) atoms. The lowest BCUT2D eigenvalue weighted by molar-refractivity contribution is -0.0476. The second-order valence-corrected chi connectivity index (χ2v) is 3.82. The van der Waals surface area contributed by atoms with Gasteiger partial charge in [-0.25, -0.2) is 8.78 Å². The molecule has 66 valence electrons. The molecule has 1 heterocycles. The van der Waals surface area contributed by atoms with E-state index in [-0.39, 0.29) is 6.42 Å². The van der Waals surface area contributed by atoms with Crippen LogP contribution in [0.25, 0.3) is 0 Å². The summed E-state index contributed by atoms with van der Waals surface area (Å²) < 4.78 is 25.7. The fraction of sp³-hybridized carbons (Fsp3) is 1.00. The van der Waals surface area contributed by atoms with Crippen molar-refractivity contribution in [1.29, 1.82) is 0 Å². The first kappa shape index (κ1) is 9.34. The number of alkyl halides is 2. The standard InChI is InChI=1S/C7H14F2NP/c1-2-10-4-3-7(8,9)6(11)5-10/h6H,2-5,11H2,1H3/t6-/m1/s1. The fourth-order valence-corrected chi connectivity index (χ4v) is 1.75. The summed E-state index contributed by atoms with van der Waals surface area (Å²) in [5, 5.41) is 0. The molecule has 0 amide bonds. The maximum absolute atomic E-state index is 12.9. The van der Waals surface area contributed by atoms with Gasteiger partial charge in [0.1, 0.15) is 0 Å². The van der Waals surface area contributed by atoms with Gasteiger partial charge in [-0.2, -0.15) is 0 Å². The first-order chi connectivity index (χ1) is 5.06. The molecule has 1 saturated heterocycles. The van der Waals surface area contributed by atoms with Gasteiger partial charge in [0, 0.05) is 25.2 Å². The van der Waals surface area contributed by atoms with Crippen molar-refractivity contribution in [2.45, 2.75) is 24.9 Å². The molecule has 0 aromatic rings. The van der Waals surface area contributed by atoms with Gasteiger partial charge in [0.25, 0.3) is 5.92 Å². The van der Waals surface area contributed by atoms with E-state index in [0.717, 1.165) is 6.54 Å². The third kappa shape index (κ3) is 2.09. The van der Waals surface area contributed by atoms with Gasteiger partial charge in [-0.15, -0.1) is 9.24 Å². The van der Waals surface area contributed by atoms with Crippen molar-refractivity contribution in [2.75, 3.05) is 19.6 Å². The summed E-state index contributed by atoms with van der Waals surface area (Å²) in [6, 6.07) is 0. The van der Waals surface area contributed by atoms with Crippen molar-refractivity contribution in [3.8, 4) is 0 Å². The minimum absolute atomic E-state index is 0.00894. The van der Waals surface area contributed by atoms with Crippen LogP contribution in [0.15, 0.2) is 0 Å². The third-order valence-electron chi connectivity index (χ3n) is 2.21. The molecule has 0 radical (unpaired) electrons. The van der Waals surface area contributed by atoms with Crippen molar-refractivity contribution in [2.24, 2.45) is 0 Å². The van der Waals surface area contributed by atoms with Crippen LogP contribution in [0.4, 0.5) is 8.78 Å². The smallest absolute Gasteiger partial charge is 0.256 e. The predicted octanol–water partition coefficient (Wildman–Crippen LogP) is 1.59. The molecule has 0 bridgehead atoms. The minimum Gasteiger partial charge on any atom is -0.303 e. The first-order valence-corrected chi connectivity index (χ1v) is 4.58. The lowest BCUT2D eigenvalue weighted by atomic mass is 10.1. The Bertz CT molecular complexity index is 140. The van der Waals surface area contributed by atoms with Gasteiger partial charge in [0.15, 0.2) is 0 Å². The molecule has 0 aromatic heterocycles. The zero-order valence-electron chi connectivity index (χ0n) is 6.69. The number of rotatable bonds is 1. The van der Waals surface area contributed by atoms with Gasteiger partial charge in [0.05, 0.1) is 0 Å². The number of halogens is 2. The van der Waals surface area contributed by atoms with E-state index in [1.54, 1.807) is 0 Å². The van der Waals surface area contributed by atoms with Crippen molar-refractivity contribution in [3.63, 3.8) is 0 Å². The summed E-state index contributed by atoms with van der Waals surface area (Å²) in [6.45, 7) is 3.92. The second-order valence-electron chi connectivity index (χ2n) is 3.01. The Hall–Kier alpha value is 0.250. The van der Waals surface area contributed by atoms with Crippen LogP contribution in [0.5, 0.6) is 0 Å². The molecule has 0 aliphatic carbocycles. The Morgan fingerprint density at radius 2 is 2.27 bits per heavy atom. The molecular formula is C7H14F2NP. The Labute approximate surface area is 68.3 Å². The highest BCUT2D eigenvalue weighted by Gasteiger charge is 2.40. The largest absolute Gasteiger partial charge is 0.303 e. The van der Waals surface area contributed by atoms with E-state index in [1.807, 2.05) is 6.92 Å². The molecule has 1 nitrogen and oxygen atoms in total. The van der Waals surface area contributed by atoms with Crippen LogP contribution in [-0.2, 0) is 0 Å². The van der Waals surface area contributed by atoms with E-state index in [2.05, 4.69) is 14.1 Å². The summed E-state index contributed by atoms with van der Waals surface area (Å²) in [4.78, 5) is 2.05. The Morgan fingerprint density at radius 1 is 1.64 bits per heavy atom. The van der Waals surface area contributed by atoms with E-state index in [0.29, 0.717) is 13.1 Å². The maximum atomic E-state index is 12.9. The highest BCUT2D eigenvalue weighted by atomic mass is 31.0. The highest BCUT2D eigenvalue weighted by molar-refractivity contribution is 7.17. The van der Waals surface area contributed by atoms with Crippen LogP contribution in [0.1, 0.15) is 13.3 Å². The molecule has 0 saturated carbocycles. The van der Waals surface area contributed by atoms with E-state index >= 15 is 0 Å². The summed E-state index contributed by atoms with van der Waals surface area (Å²) in [6.07, 6.45) is 0.00894. The summed E-state index contributed by atoms with van der Waals surface area (Å²) in [5.41, 5.74) is -0.559. The zero-order valence-corrected chi connectivity index (χ0v) is 7.84. The lowest BCUT2D eigenvalue weighted by Gasteiger charge is -2.35. The molecule has 1 aliphatic rings. The Morgan fingerprint density at radius 3 is 2.73 bits per heavy atom. The van der Waals surface area contributed by atoms with Gasteiger partial charge < -0.3 is 4.90 Å².